The SMILES string of the molecule is C#CCCCN1CCC(=O)NC(CC)C1=O. The standard InChI is InChI=1S/C12H18N2O2/c1-3-5-6-8-14-9-7-11(15)13-10(4-2)12(14)16/h1,10H,4-9H2,2H3,(H,13,15). The minimum absolute atomic E-state index is 0.0189. The van der Waals surface area contributed by atoms with E-state index in [4.69, 9.17) is 6.42 Å². The van der Waals surface area contributed by atoms with Crippen molar-refractivity contribution in [2.45, 2.75) is 38.6 Å². The number of rotatable bonds is 4. The zero-order valence-electron chi connectivity index (χ0n) is 9.66. The Balaban J connectivity index is 2.58. The normalized spacial score (nSPS) is 21.2. The van der Waals surface area contributed by atoms with Gasteiger partial charge in [0.1, 0.15) is 6.04 Å². The first-order valence-corrected chi connectivity index (χ1v) is 5.70. The smallest absolute Gasteiger partial charge is 0.245 e. The van der Waals surface area contributed by atoms with Gasteiger partial charge in [-0.2, -0.15) is 0 Å². The van der Waals surface area contributed by atoms with Crippen LogP contribution in [0, 0.1) is 12.3 Å². The first kappa shape index (κ1) is 12.6. The molecule has 2 amide bonds. The lowest BCUT2D eigenvalue weighted by Gasteiger charge is -2.22. The van der Waals surface area contributed by atoms with E-state index in [1.54, 1.807) is 4.90 Å². The maximum absolute atomic E-state index is 12.0. The summed E-state index contributed by atoms with van der Waals surface area (Å²) in [6.45, 7) is 3.05. The van der Waals surface area contributed by atoms with E-state index < -0.39 is 0 Å². The Labute approximate surface area is 96.4 Å². The fourth-order valence-electron chi connectivity index (χ4n) is 1.77. The number of nitrogens with zero attached hydrogens (tertiary/aromatic N) is 1. The lowest BCUT2D eigenvalue weighted by Crippen LogP contribution is -2.44. The third kappa shape index (κ3) is 3.27. The highest BCUT2D eigenvalue weighted by Crippen LogP contribution is 2.07. The van der Waals surface area contributed by atoms with Crippen molar-refractivity contribution < 1.29 is 9.59 Å². The molecule has 4 nitrogen and oxygen atoms in total. The molecule has 0 spiro atoms. The molecule has 0 aromatic heterocycles. The Morgan fingerprint density at radius 3 is 2.94 bits per heavy atom. The van der Waals surface area contributed by atoms with E-state index in [2.05, 4.69) is 11.2 Å². The minimum atomic E-state index is -0.360. The zero-order chi connectivity index (χ0) is 12.0. The average molecular weight is 222 g/mol. The quantitative estimate of drug-likeness (QED) is 0.557. The molecule has 1 atom stereocenters. The second-order valence-electron chi connectivity index (χ2n) is 3.91. The molecule has 4 heteroatoms. The summed E-state index contributed by atoms with van der Waals surface area (Å²) in [5.41, 5.74) is 0. The number of unbranched alkanes of at least 4 members (excludes halogenated alkanes) is 1. The summed E-state index contributed by atoms with van der Waals surface area (Å²) >= 11 is 0. The van der Waals surface area contributed by atoms with Crippen molar-refractivity contribution >= 4 is 11.8 Å². The number of carbonyl (C=O) groups excluding carboxylic acids is 2. The summed E-state index contributed by atoms with van der Waals surface area (Å²) in [5.74, 6) is 2.53. The number of amides is 2. The molecule has 0 aromatic carbocycles. The van der Waals surface area contributed by atoms with Crippen molar-refractivity contribution in [1.82, 2.24) is 10.2 Å². The predicted molar refractivity (Wildman–Crippen MR) is 61.5 cm³/mol. The van der Waals surface area contributed by atoms with E-state index in [1.807, 2.05) is 6.92 Å². The van der Waals surface area contributed by atoms with Crippen molar-refractivity contribution in [3.8, 4) is 12.3 Å². The van der Waals surface area contributed by atoms with E-state index in [0.29, 0.717) is 32.4 Å². The van der Waals surface area contributed by atoms with E-state index in [0.717, 1.165) is 6.42 Å². The van der Waals surface area contributed by atoms with Crippen molar-refractivity contribution in [3.05, 3.63) is 0 Å². The Morgan fingerprint density at radius 2 is 2.31 bits per heavy atom. The van der Waals surface area contributed by atoms with Crippen LogP contribution >= 0.6 is 0 Å². The van der Waals surface area contributed by atoms with Gasteiger partial charge in [-0.25, -0.2) is 0 Å². The highest BCUT2D eigenvalue weighted by atomic mass is 16.2. The van der Waals surface area contributed by atoms with Crippen molar-refractivity contribution in [2.24, 2.45) is 0 Å². The van der Waals surface area contributed by atoms with Crippen LogP contribution in [0.2, 0.25) is 0 Å². The number of hydrogen-bond acceptors (Lipinski definition) is 2. The summed E-state index contributed by atoms with van der Waals surface area (Å²) in [6, 6.07) is -0.360. The maximum atomic E-state index is 12.0. The lowest BCUT2D eigenvalue weighted by atomic mass is 10.2. The fourth-order valence-corrected chi connectivity index (χ4v) is 1.77. The second kappa shape index (κ2) is 6.16. The molecular formula is C12H18N2O2. The molecule has 1 unspecified atom stereocenters. The minimum Gasteiger partial charge on any atom is -0.344 e. The molecule has 16 heavy (non-hydrogen) atoms. The van der Waals surface area contributed by atoms with Crippen LogP contribution in [0.5, 0.6) is 0 Å². The van der Waals surface area contributed by atoms with Crippen LogP contribution in [0.3, 0.4) is 0 Å². The molecule has 0 saturated carbocycles. The molecule has 1 saturated heterocycles. The highest BCUT2D eigenvalue weighted by molar-refractivity contribution is 5.89. The number of carbonyl (C=O) groups is 2. The zero-order valence-corrected chi connectivity index (χ0v) is 9.66. The first-order chi connectivity index (χ1) is 7.69. The van der Waals surface area contributed by atoms with E-state index in [9.17, 15) is 9.59 Å². The topological polar surface area (TPSA) is 49.4 Å². The van der Waals surface area contributed by atoms with Gasteiger partial charge in [0.2, 0.25) is 11.8 Å². The fraction of sp³-hybridized carbons (Fsp3) is 0.667. The van der Waals surface area contributed by atoms with Gasteiger partial charge in [-0.05, 0) is 12.8 Å². The molecule has 1 fully saturated rings. The molecule has 0 radical (unpaired) electrons. The van der Waals surface area contributed by atoms with Gasteiger partial charge >= 0.3 is 0 Å². The van der Waals surface area contributed by atoms with Gasteiger partial charge in [-0.1, -0.05) is 6.92 Å². The van der Waals surface area contributed by atoms with Crippen molar-refractivity contribution in [1.29, 1.82) is 0 Å². The molecule has 1 N–H and O–H groups in total. The van der Waals surface area contributed by atoms with Crippen LogP contribution in [0.25, 0.3) is 0 Å². The largest absolute Gasteiger partial charge is 0.344 e. The van der Waals surface area contributed by atoms with Gasteiger partial charge < -0.3 is 10.2 Å². The summed E-state index contributed by atoms with van der Waals surface area (Å²) in [4.78, 5) is 25.1. The number of hydrogen-bond donors (Lipinski definition) is 1. The van der Waals surface area contributed by atoms with E-state index in [1.165, 1.54) is 0 Å². The summed E-state index contributed by atoms with van der Waals surface area (Å²) in [6.07, 6.45) is 7.65. The van der Waals surface area contributed by atoms with Crippen LogP contribution in [0.4, 0.5) is 0 Å². The Hall–Kier alpha value is -1.50. The predicted octanol–water partition coefficient (Wildman–Crippen LogP) is 0.527. The Kier molecular flexibility index (Phi) is 4.84. The molecule has 1 aliphatic heterocycles. The lowest BCUT2D eigenvalue weighted by molar-refractivity contribution is -0.133. The molecular weight excluding hydrogens is 204 g/mol. The van der Waals surface area contributed by atoms with Gasteiger partial charge in [-0.3, -0.25) is 9.59 Å². The molecule has 88 valence electrons. The highest BCUT2D eigenvalue weighted by Gasteiger charge is 2.27. The number of terminal acetylenes is 1. The summed E-state index contributed by atoms with van der Waals surface area (Å²) < 4.78 is 0. The first-order valence-electron chi connectivity index (χ1n) is 5.70. The van der Waals surface area contributed by atoms with Crippen molar-refractivity contribution in [3.63, 3.8) is 0 Å². The Bertz CT molecular complexity index is 307. The third-order valence-corrected chi connectivity index (χ3v) is 2.71. The van der Waals surface area contributed by atoms with Gasteiger partial charge in [0.05, 0.1) is 0 Å². The Morgan fingerprint density at radius 1 is 1.56 bits per heavy atom. The van der Waals surface area contributed by atoms with Crippen LogP contribution in [0.15, 0.2) is 0 Å². The monoisotopic (exact) mass is 222 g/mol. The average Bonchev–Trinajstić information content (AvgIpc) is 2.41. The second-order valence-corrected chi connectivity index (χ2v) is 3.91. The molecule has 1 rings (SSSR count). The van der Waals surface area contributed by atoms with Gasteiger partial charge in [0.25, 0.3) is 0 Å². The maximum Gasteiger partial charge on any atom is 0.245 e. The van der Waals surface area contributed by atoms with E-state index in [-0.39, 0.29) is 17.9 Å². The van der Waals surface area contributed by atoms with Gasteiger partial charge in [0.15, 0.2) is 0 Å². The third-order valence-electron chi connectivity index (χ3n) is 2.71. The van der Waals surface area contributed by atoms with Gasteiger partial charge in [-0.15, -0.1) is 12.3 Å². The molecule has 1 heterocycles. The van der Waals surface area contributed by atoms with E-state index >= 15 is 0 Å². The molecule has 1 aliphatic rings. The summed E-state index contributed by atoms with van der Waals surface area (Å²) in [7, 11) is 0. The van der Waals surface area contributed by atoms with Crippen LogP contribution in [-0.4, -0.2) is 35.8 Å². The van der Waals surface area contributed by atoms with Crippen LogP contribution in [0.1, 0.15) is 32.6 Å². The van der Waals surface area contributed by atoms with Crippen LogP contribution < -0.4 is 5.32 Å². The number of nitrogens with one attached hydrogen (secondary N) is 1. The molecule has 0 aliphatic carbocycles. The van der Waals surface area contributed by atoms with Gasteiger partial charge in [0, 0.05) is 25.9 Å². The summed E-state index contributed by atoms with van der Waals surface area (Å²) in [5, 5.41) is 2.73. The van der Waals surface area contributed by atoms with Crippen LogP contribution in [-0.2, 0) is 9.59 Å². The molecule has 0 aromatic rings. The van der Waals surface area contributed by atoms with Crippen molar-refractivity contribution in [2.75, 3.05) is 13.1 Å². The molecule has 0 bridgehead atoms.